The molecule has 2 N–H and O–H groups in total. The molecule has 1 aromatic carbocycles. The van der Waals surface area contributed by atoms with Crippen LogP contribution in [0.25, 0.3) is 11.4 Å². The Morgan fingerprint density at radius 1 is 1.35 bits per heavy atom. The summed E-state index contributed by atoms with van der Waals surface area (Å²) in [7, 11) is 0. The quantitative estimate of drug-likeness (QED) is 0.635. The van der Waals surface area contributed by atoms with E-state index in [4.69, 9.17) is 5.84 Å². The van der Waals surface area contributed by atoms with Crippen molar-refractivity contribution in [1.29, 1.82) is 0 Å². The van der Waals surface area contributed by atoms with E-state index in [1.165, 1.54) is 16.4 Å². The largest absolute Gasteiger partial charge is 0.342 e. The molecular formula is C15H18BrN5OS. The van der Waals surface area contributed by atoms with Gasteiger partial charge in [0, 0.05) is 23.1 Å². The Bertz CT molecular complexity index is 714. The fourth-order valence-electron chi connectivity index (χ4n) is 2.58. The topological polar surface area (TPSA) is 77.0 Å². The lowest BCUT2D eigenvalue weighted by molar-refractivity contribution is -0.129. The van der Waals surface area contributed by atoms with Gasteiger partial charge in [0.05, 0.1) is 5.25 Å². The second-order valence-electron chi connectivity index (χ2n) is 5.48. The Labute approximate surface area is 147 Å². The molecule has 1 aromatic heterocycles. The van der Waals surface area contributed by atoms with Gasteiger partial charge in [0.15, 0.2) is 5.82 Å². The lowest BCUT2D eigenvalue weighted by Crippen LogP contribution is -2.34. The predicted octanol–water partition coefficient (Wildman–Crippen LogP) is 2.52. The smallest absolute Gasteiger partial charge is 0.235 e. The number of halogens is 1. The van der Waals surface area contributed by atoms with Gasteiger partial charge < -0.3 is 10.7 Å². The molecule has 1 saturated heterocycles. The van der Waals surface area contributed by atoms with E-state index in [9.17, 15) is 4.79 Å². The van der Waals surface area contributed by atoms with Gasteiger partial charge in [-0.15, -0.1) is 10.2 Å². The normalized spacial score (nSPS) is 15.8. The number of aromatic nitrogens is 3. The van der Waals surface area contributed by atoms with Gasteiger partial charge in [-0.2, -0.15) is 0 Å². The minimum absolute atomic E-state index is 0.138. The SMILES string of the molecule is C[C@H](Sc1nnc(-c2cccc(Br)c2)n1N)C(=O)N1CCCC1. The number of nitrogens with two attached hydrogens (primary N) is 1. The number of hydrogen-bond acceptors (Lipinski definition) is 5. The zero-order valence-electron chi connectivity index (χ0n) is 12.8. The van der Waals surface area contributed by atoms with Crippen molar-refractivity contribution < 1.29 is 4.79 Å². The molecule has 1 fully saturated rings. The van der Waals surface area contributed by atoms with Crippen LogP contribution >= 0.6 is 27.7 Å². The van der Waals surface area contributed by atoms with Gasteiger partial charge in [-0.3, -0.25) is 4.79 Å². The lowest BCUT2D eigenvalue weighted by Gasteiger charge is -2.19. The lowest BCUT2D eigenvalue weighted by atomic mass is 10.2. The maximum atomic E-state index is 12.4. The monoisotopic (exact) mass is 395 g/mol. The molecule has 1 aliphatic heterocycles. The Morgan fingerprint density at radius 3 is 2.78 bits per heavy atom. The highest BCUT2D eigenvalue weighted by atomic mass is 79.9. The number of nitrogens with zero attached hydrogens (tertiary/aromatic N) is 4. The number of carbonyl (C=O) groups excluding carboxylic acids is 1. The number of likely N-dealkylation sites (tertiary alicyclic amines) is 1. The first-order valence-corrected chi connectivity index (χ1v) is 9.15. The van der Waals surface area contributed by atoms with Gasteiger partial charge in [-0.05, 0) is 31.9 Å². The molecule has 1 atom stereocenters. The van der Waals surface area contributed by atoms with E-state index in [0.717, 1.165) is 36.0 Å². The summed E-state index contributed by atoms with van der Waals surface area (Å²) in [6.45, 7) is 3.59. The molecule has 0 spiro atoms. The summed E-state index contributed by atoms with van der Waals surface area (Å²) in [5.41, 5.74) is 0.875. The van der Waals surface area contributed by atoms with E-state index in [1.807, 2.05) is 36.1 Å². The molecule has 6 nitrogen and oxygen atoms in total. The molecule has 1 aliphatic rings. The molecule has 23 heavy (non-hydrogen) atoms. The molecule has 0 radical (unpaired) electrons. The highest BCUT2D eigenvalue weighted by Gasteiger charge is 2.26. The minimum atomic E-state index is -0.227. The van der Waals surface area contributed by atoms with E-state index in [0.29, 0.717) is 11.0 Å². The number of amides is 1. The summed E-state index contributed by atoms with van der Waals surface area (Å²) in [4.78, 5) is 14.3. The van der Waals surface area contributed by atoms with Crippen LogP contribution in [0.2, 0.25) is 0 Å². The number of thioether (sulfide) groups is 1. The van der Waals surface area contributed by atoms with E-state index in [-0.39, 0.29) is 11.2 Å². The third-order valence-corrected chi connectivity index (χ3v) is 5.33. The minimum Gasteiger partial charge on any atom is -0.342 e. The summed E-state index contributed by atoms with van der Waals surface area (Å²) in [5.74, 6) is 6.83. The number of carbonyl (C=O) groups is 1. The van der Waals surface area contributed by atoms with Crippen LogP contribution in [0.3, 0.4) is 0 Å². The molecular weight excluding hydrogens is 378 g/mol. The number of benzene rings is 1. The zero-order chi connectivity index (χ0) is 16.4. The van der Waals surface area contributed by atoms with Crippen molar-refractivity contribution in [2.45, 2.75) is 30.2 Å². The van der Waals surface area contributed by atoms with Crippen LogP contribution in [0.1, 0.15) is 19.8 Å². The first-order valence-electron chi connectivity index (χ1n) is 7.48. The van der Waals surface area contributed by atoms with E-state index < -0.39 is 0 Å². The van der Waals surface area contributed by atoms with Crippen LogP contribution in [0.15, 0.2) is 33.9 Å². The van der Waals surface area contributed by atoms with Crippen LogP contribution in [0, 0.1) is 0 Å². The highest BCUT2D eigenvalue weighted by Crippen LogP contribution is 2.27. The number of hydrogen-bond donors (Lipinski definition) is 1. The van der Waals surface area contributed by atoms with E-state index >= 15 is 0 Å². The Morgan fingerprint density at radius 2 is 2.09 bits per heavy atom. The van der Waals surface area contributed by atoms with Crippen molar-refractivity contribution in [2.75, 3.05) is 18.9 Å². The molecule has 0 bridgehead atoms. The predicted molar refractivity (Wildman–Crippen MR) is 94.4 cm³/mol. The molecule has 3 rings (SSSR count). The standard InChI is InChI=1S/C15H18BrN5OS/c1-10(14(22)20-7-2-3-8-20)23-15-19-18-13(21(15)17)11-5-4-6-12(16)9-11/h4-6,9-10H,2-3,7-8,17H2,1H3/t10-/m0/s1. The molecule has 122 valence electrons. The van der Waals surface area contributed by atoms with Gasteiger partial charge in [-0.25, -0.2) is 4.68 Å². The third kappa shape index (κ3) is 3.53. The summed E-state index contributed by atoms with van der Waals surface area (Å²) < 4.78 is 2.39. The number of nitrogen functional groups attached to an aromatic ring is 1. The summed E-state index contributed by atoms with van der Waals surface area (Å²) >= 11 is 4.78. The zero-order valence-corrected chi connectivity index (χ0v) is 15.2. The number of rotatable bonds is 4. The van der Waals surface area contributed by atoms with Crippen LogP contribution < -0.4 is 5.84 Å². The Hall–Kier alpha value is -1.54. The first kappa shape index (κ1) is 16.3. The first-order chi connectivity index (χ1) is 11.1. The molecule has 2 aromatic rings. The average molecular weight is 396 g/mol. The van der Waals surface area contributed by atoms with E-state index in [1.54, 1.807) is 0 Å². The molecule has 0 aliphatic carbocycles. The fraction of sp³-hybridized carbons (Fsp3) is 0.400. The van der Waals surface area contributed by atoms with Crippen molar-refractivity contribution in [1.82, 2.24) is 19.8 Å². The second-order valence-corrected chi connectivity index (χ2v) is 7.70. The summed E-state index contributed by atoms with van der Waals surface area (Å²) in [6, 6.07) is 7.71. The second kappa shape index (κ2) is 6.92. The summed E-state index contributed by atoms with van der Waals surface area (Å²) in [5, 5.41) is 8.61. The van der Waals surface area contributed by atoms with E-state index in [2.05, 4.69) is 26.1 Å². The molecule has 0 unspecified atom stereocenters. The van der Waals surface area contributed by atoms with Gasteiger partial charge in [-0.1, -0.05) is 39.8 Å². The Balaban J connectivity index is 1.75. The summed E-state index contributed by atoms with van der Waals surface area (Å²) in [6.07, 6.45) is 2.17. The Kier molecular flexibility index (Phi) is 4.91. The molecule has 0 saturated carbocycles. The van der Waals surface area contributed by atoms with Gasteiger partial charge in [0.1, 0.15) is 0 Å². The maximum absolute atomic E-state index is 12.4. The molecule has 1 amide bonds. The third-order valence-electron chi connectivity index (χ3n) is 3.80. The molecule has 2 heterocycles. The maximum Gasteiger partial charge on any atom is 0.235 e. The van der Waals surface area contributed by atoms with Crippen molar-refractivity contribution in [2.24, 2.45) is 0 Å². The van der Waals surface area contributed by atoms with Crippen LogP contribution in [-0.4, -0.2) is 44.0 Å². The van der Waals surface area contributed by atoms with Crippen LogP contribution in [0.4, 0.5) is 0 Å². The van der Waals surface area contributed by atoms with Gasteiger partial charge >= 0.3 is 0 Å². The van der Waals surface area contributed by atoms with Crippen molar-refractivity contribution in [3.8, 4) is 11.4 Å². The van der Waals surface area contributed by atoms with Crippen LogP contribution in [0.5, 0.6) is 0 Å². The van der Waals surface area contributed by atoms with Gasteiger partial charge in [0.25, 0.3) is 0 Å². The average Bonchev–Trinajstić information content (AvgIpc) is 3.17. The van der Waals surface area contributed by atoms with Gasteiger partial charge in [0.2, 0.25) is 11.1 Å². The molecule has 8 heteroatoms. The van der Waals surface area contributed by atoms with Crippen molar-refractivity contribution >= 4 is 33.6 Å². The highest BCUT2D eigenvalue weighted by molar-refractivity contribution is 9.10. The fourth-order valence-corrected chi connectivity index (χ4v) is 3.84. The van der Waals surface area contributed by atoms with Crippen LogP contribution in [-0.2, 0) is 4.79 Å². The van der Waals surface area contributed by atoms with Crippen molar-refractivity contribution in [3.05, 3.63) is 28.7 Å². The van der Waals surface area contributed by atoms with Crippen molar-refractivity contribution in [3.63, 3.8) is 0 Å².